The fraction of sp³-hybridized carbons (Fsp3) is 0.273. The summed E-state index contributed by atoms with van der Waals surface area (Å²) in [6, 6.07) is 4.13. The molecule has 0 fully saturated rings. The minimum atomic E-state index is -4.72. The molecule has 0 saturated heterocycles. The zero-order valence-electron chi connectivity index (χ0n) is 8.87. The average molecular weight is 263 g/mol. The number of allylic oxidation sites excluding steroid dienone is 1. The fourth-order valence-electron chi connectivity index (χ4n) is 1.18. The summed E-state index contributed by atoms with van der Waals surface area (Å²) in [6.07, 6.45) is -0.308. The minimum absolute atomic E-state index is 0.0460. The van der Waals surface area contributed by atoms with Gasteiger partial charge in [0.25, 0.3) is 0 Å². The topological polar surface area (TPSA) is 35.2 Å². The van der Waals surface area contributed by atoms with Gasteiger partial charge >= 0.3 is 6.36 Å². The van der Waals surface area contributed by atoms with E-state index >= 15 is 0 Å². The number of ether oxygens (including phenoxy) is 1. The monoisotopic (exact) mass is 263 g/mol. The lowest BCUT2D eigenvalue weighted by atomic mass is 10.1. The normalized spacial score (nSPS) is 12.0. The van der Waals surface area contributed by atoms with Crippen molar-refractivity contribution in [2.45, 2.75) is 12.8 Å². The molecule has 0 aromatic heterocycles. The van der Waals surface area contributed by atoms with Crippen LogP contribution in [0.15, 0.2) is 24.3 Å². The van der Waals surface area contributed by atoms with Crippen molar-refractivity contribution in [1.82, 2.24) is 0 Å². The first-order valence-corrected chi connectivity index (χ1v) is 5.48. The Morgan fingerprint density at radius 2 is 2.06 bits per heavy atom. The van der Waals surface area contributed by atoms with Gasteiger partial charge in [-0.1, -0.05) is 18.2 Å². The van der Waals surface area contributed by atoms with Crippen LogP contribution in [0.3, 0.4) is 0 Å². The molecule has 0 spiro atoms. The van der Waals surface area contributed by atoms with E-state index < -0.39 is 6.36 Å². The SMILES string of the molecule is Nc1cc(C=CCCS)ccc1OC(F)(F)F. The van der Waals surface area contributed by atoms with Crippen molar-refractivity contribution < 1.29 is 17.9 Å². The van der Waals surface area contributed by atoms with Gasteiger partial charge in [0.1, 0.15) is 0 Å². The van der Waals surface area contributed by atoms with E-state index in [0.717, 1.165) is 12.0 Å². The lowest BCUT2D eigenvalue weighted by Gasteiger charge is -2.11. The predicted molar refractivity (Wildman–Crippen MR) is 65.0 cm³/mol. The Morgan fingerprint density at radius 1 is 1.35 bits per heavy atom. The first-order chi connectivity index (χ1) is 7.92. The van der Waals surface area contributed by atoms with Gasteiger partial charge in [-0.25, -0.2) is 0 Å². The zero-order valence-corrected chi connectivity index (χ0v) is 9.76. The number of nitrogens with two attached hydrogens (primary N) is 1. The highest BCUT2D eigenvalue weighted by atomic mass is 32.1. The van der Waals surface area contributed by atoms with Crippen LogP contribution in [0.1, 0.15) is 12.0 Å². The van der Waals surface area contributed by atoms with E-state index in [0.29, 0.717) is 5.75 Å². The molecule has 0 radical (unpaired) electrons. The van der Waals surface area contributed by atoms with Gasteiger partial charge in [0.15, 0.2) is 5.75 Å². The van der Waals surface area contributed by atoms with Crippen molar-refractivity contribution in [1.29, 1.82) is 0 Å². The Labute approximate surface area is 103 Å². The van der Waals surface area contributed by atoms with Gasteiger partial charge in [0.05, 0.1) is 5.69 Å². The average Bonchev–Trinajstić information content (AvgIpc) is 2.21. The molecule has 0 bridgehead atoms. The second-order valence-electron chi connectivity index (χ2n) is 3.26. The molecule has 17 heavy (non-hydrogen) atoms. The number of anilines is 1. The quantitative estimate of drug-likeness (QED) is 0.644. The molecule has 0 atom stereocenters. The molecule has 0 aliphatic carbocycles. The molecule has 0 heterocycles. The van der Waals surface area contributed by atoms with Crippen LogP contribution >= 0.6 is 12.6 Å². The van der Waals surface area contributed by atoms with Crippen molar-refractivity contribution in [2.24, 2.45) is 0 Å². The maximum atomic E-state index is 12.0. The molecule has 0 aliphatic rings. The standard InChI is InChI=1S/C11H12F3NOS/c12-11(13,14)16-10-5-4-8(7-9(10)15)3-1-2-6-17/h1,3-5,7,17H,2,6,15H2. The van der Waals surface area contributed by atoms with E-state index in [4.69, 9.17) is 5.73 Å². The Bertz CT molecular complexity index is 404. The van der Waals surface area contributed by atoms with Crippen molar-refractivity contribution in [3.8, 4) is 5.75 Å². The minimum Gasteiger partial charge on any atom is -0.404 e. The van der Waals surface area contributed by atoms with E-state index in [1.165, 1.54) is 18.2 Å². The van der Waals surface area contributed by atoms with Crippen LogP contribution in [-0.2, 0) is 0 Å². The number of alkyl halides is 3. The van der Waals surface area contributed by atoms with E-state index in [-0.39, 0.29) is 11.4 Å². The molecule has 0 aliphatic heterocycles. The molecule has 6 heteroatoms. The smallest absolute Gasteiger partial charge is 0.404 e. The van der Waals surface area contributed by atoms with Gasteiger partial charge in [-0.05, 0) is 29.9 Å². The van der Waals surface area contributed by atoms with Crippen molar-refractivity contribution in [3.05, 3.63) is 29.8 Å². The second kappa shape index (κ2) is 5.86. The lowest BCUT2D eigenvalue weighted by Crippen LogP contribution is -2.18. The van der Waals surface area contributed by atoms with Gasteiger partial charge in [-0.15, -0.1) is 13.2 Å². The van der Waals surface area contributed by atoms with Crippen molar-refractivity contribution >= 4 is 24.4 Å². The molecule has 0 saturated carbocycles. The summed E-state index contributed by atoms with van der Waals surface area (Å²) in [6.45, 7) is 0. The highest BCUT2D eigenvalue weighted by Gasteiger charge is 2.31. The van der Waals surface area contributed by atoms with Crippen molar-refractivity contribution in [3.63, 3.8) is 0 Å². The summed E-state index contributed by atoms with van der Waals surface area (Å²) >= 11 is 4.03. The van der Waals surface area contributed by atoms with Crippen LogP contribution in [0.5, 0.6) is 5.75 Å². The Balaban J connectivity index is 2.79. The first-order valence-electron chi connectivity index (χ1n) is 4.85. The number of nitrogen functional groups attached to an aromatic ring is 1. The summed E-state index contributed by atoms with van der Waals surface area (Å²) in [7, 11) is 0. The number of halogens is 3. The van der Waals surface area contributed by atoms with Crippen LogP contribution in [-0.4, -0.2) is 12.1 Å². The third kappa shape index (κ3) is 5.04. The number of thiol groups is 1. The maximum Gasteiger partial charge on any atom is 0.573 e. The molecule has 1 rings (SSSR count). The summed E-state index contributed by atoms with van der Waals surface area (Å²) in [5, 5.41) is 0. The molecule has 94 valence electrons. The molecule has 0 amide bonds. The highest BCUT2D eigenvalue weighted by molar-refractivity contribution is 7.80. The van der Waals surface area contributed by atoms with Gasteiger partial charge in [0.2, 0.25) is 0 Å². The first kappa shape index (κ1) is 13.8. The van der Waals surface area contributed by atoms with Crippen LogP contribution in [0.4, 0.5) is 18.9 Å². The molecule has 2 N–H and O–H groups in total. The molecule has 0 unspecified atom stereocenters. The lowest BCUT2D eigenvalue weighted by molar-refractivity contribution is -0.274. The maximum absolute atomic E-state index is 12.0. The molecule has 1 aromatic carbocycles. The fourth-order valence-corrected chi connectivity index (χ4v) is 1.33. The van der Waals surface area contributed by atoms with E-state index in [9.17, 15) is 13.2 Å². The number of benzene rings is 1. The second-order valence-corrected chi connectivity index (χ2v) is 3.71. The molecular weight excluding hydrogens is 251 g/mol. The van der Waals surface area contributed by atoms with Gasteiger partial charge in [-0.3, -0.25) is 0 Å². The van der Waals surface area contributed by atoms with Crippen LogP contribution in [0.2, 0.25) is 0 Å². The van der Waals surface area contributed by atoms with Crippen LogP contribution < -0.4 is 10.5 Å². The zero-order chi connectivity index (χ0) is 12.9. The van der Waals surface area contributed by atoms with Crippen LogP contribution in [0, 0.1) is 0 Å². The number of hydrogen-bond acceptors (Lipinski definition) is 3. The molecular formula is C11H12F3NOS. The summed E-state index contributed by atoms with van der Waals surface area (Å²) in [5.41, 5.74) is 6.13. The van der Waals surface area contributed by atoms with Gasteiger partial charge in [-0.2, -0.15) is 12.6 Å². The largest absolute Gasteiger partial charge is 0.573 e. The number of hydrogen-bond donors (Lipinski definition) is 2. The van der Waals surface area contributed by atoms with E-state index in [1.54, 1.807) is 6.08 Å². The molecule has 2 nitrogen and oxygen atoms in total. The van der Waals surface area contributed by atoms with E-state index in [1.807, 2.05) is 6.08 Å². The number of rotatable bonds is 4. The highest BCUT2D eigenvalue weighted by Crippen LogP contribution is 2.29. The Kier molecular flexibility index (Phi) is 4.74. The third-order valence-electron chi connectivity index (χ3n) is 1.87. The van der Waals surface area contributed by atoms with E-state index in [2.05, 4.69) is 17.4 Å². The molecule has 1 aromatic rings. The summed E-state index contributed by atoms with van der Waals surface area (Å²) in [4.78, 5) is 0. The Morgan fingerprint density at radius 3 is 2.59 bits per heavy atom. The third-order valence-corrected chi connectivity index (χ3v) is 2.12. The Hall–Kier alpha value is -1.30. The van der Waals surface area contributed by atoms with Gasteiger partial charge in [0, 0.05) is 0 Å². The summed E-state index contributed by atoms with van der Waals surface area (Å²) in [5.74, 6) is 0.324. The van der Waals surface area contributed by atoms with Crippen LogP contribution in [0.25, 0.3) is 6.08 Å². The van der Waals surface area contributed by atoms with Crippen molar-refractivity contribution in [2.75, 3.05) is 11.5 Å². The summed E-state index contributed by atoms with van der Waals surface area (Å²) < 4.78 is 39.7. The predicted octanol–water partition coefficient (Wildman–Crippen LogP) is 3.50. The van der Waals surface area contributed by atoms with Gasteiger partial charge < -0.3 is 10.5 Å².